The standard InChI is InChI=1S/C21H22N2O6/c1-13(20(25)16-6-5-14-3-2-4-15(14)11-16)29-21(26)18-12-17(23(27)28)7-8-19(18)22-9-10-24/h5-8,11-13,22,24H,2-4,9-10H2,1H3/t13-/m0/s1. The van der Waals surface area contributed by atoms with Gasteiger partial charge in [-0.25, -0.2) is 4.79 Å². The number of nitro benzene ring substituents is 1. The van der Waals surface area contributed by atoms with E-state index in [2.05, 4.69) is 5.32 Å². The molecule has 8 nitrogen and oxygen atoms in total. The van der Waals surface area contributed by atoms with Crippen LogP contribution in [0.15, 0.2) is 36.4 Å². The summed E-state index contributed by atoms with van der Waals surface area (Å²) in [5.41, 5.74) is 2.80. The number of hydrogen-bond donors (Lipinski definition) is 2. The van der Waals surface area contributed by atoms with E-state index in [1.54, 1.807) is 6.07 Å². The van der Waals surface area contributed by atoms with E-state index in [1.807, 2.05) is 12.1 Å². The predicted molar refractivity (Wildman–Crippen MR) is 106 cm³/mol. The van der Waals surface area contributed by atoms with Gasteiger partial charge >= 0.3 is 5.97 Å². The molecule has 0 heterocycles. The molecule has 0 aliphatic heterocycles. The number of rotatable bonds is 8. The van der Waals surface area contributed by atoms with Gasteiger partial charge in [-0.3, -0.25) is 14.9 Å². The maximum atomic E-state index is 12.7. The Morgan fingerprint density at radius 1 is 1.21 bits per heavy atom. The van der Waals surface area contributed by atoms with Crippen molar-refractivity contribution in [1.29, 1.82) is 0 Å². The molecule has 0 aromatic heterocycles. The van der Waals surface area contributed by atoms with Crippen LogP contribution < -0.4 is 5.32 Å². The molecule has 2 aromatic rings. The molecule has 29 heavy (non-hydrogen) atoms. The van der Waals surface area contributed by atoms with Crippen LogP contribution in [0.1, 0.15) is 45.2 Å². The van der Waals surface area contributed by atoms with Gasteiger partial charge in [0.1, 0.15) is 0 Å². The highest BCUT2D eigenvalue weighted by Gasteiger charge is 2.25. The Balaban J connectivity index is 1.78. The highest BCUT2D eigenvalue weighted by Crippen LogP contribution is 2.25. The van der Waals surface area contributed by atoms with Crippen molar-refractivity contribution in [3.05, 3.63) is 68.8 Å². The quantitative estimate of drug-likeness (QED) is 0.304. The number of hydrogen-bond acceptors (Lipinski definition) is 7. The molecule has 0 fully saturated rings. The largest absolute Gasteiger partial charge is 0.451 e. The van der Waals surface area contributed by atoms with Crippen molar-refractivity contribution < 1.29 is 24.4 Å². The molecule has 3 rings (SSSR count). The van der Waals surface area contributed by atoms with E-state index in [4.69, 9.17) is 9.84 Å². The van der Waals surface area contributed by atoms with Gasteiger partial charge < -0.3 is 15.2 Å². The number of fused-ring (bicyclic) bond motifs is 1. The minimum Gasteiger partial charge on any atom is -0.451 e. The first-order chi connectivity index (χ1) is 13.9. The molecule has 0 saturated carbocycles. The van der Waals surface area contributed by atoms with Gasteiger partial charge in [-0.2, -0.15) is 0 Å². The number of benzene rings is 2. The van der Waals surface area contributed by atoms with Crippen LogP contribution in [-0.4, -0.2) is 41.0 Å². The van der Waals surface area contributed by atoms with Gasteiger partial charge in [-0.15, -0.1) is 0 Å². The van der Waals surface area contributed by atoms with Crippen molar-refractivity contribution in [2.75, 3.05) is 18.5 Å². The van der Waals surface area contributed by atoms with Crippen molar-refractivity contribution in [2.24, 2.45) is 0 Å². The number of aryl methyl sites for hydroxylation is 2. The fourth-order valence-electron chi connectivity index (χ4n) is 3.40. The predicted octanol–water partition coefficient (Wildman–Crippen LogP) is 2.92. The first-order valence-corrected chi connectivity index (χ1v) is 9.41. The number of ether oxygens (including phenoxy) is 1. The van der Waals surface area contributed by atoms with Crippen LogP contribution >= 0.6 is 0 Å². The number of non-ortho nitro benzene ring substituents is 1. The fourth-order valence-corrected chi connectivity index (χ4v) is 3.40. The molecule has 0 radical (unpaired) electrons. The maximum absolute atomic E-state index is 12.7. The minimum absolute atomic E-state index is 0.0683. The molecule has 2 N–H and O–H groups in total. The van der Waals surface area contributed by atoms with Crippen LogP contribution in [0.4, 0.5) is 11.4 Å². The summed E-state index contributed by atoms with van der Waals surface area (Å²) in [6.07, 6.45) is 1.95. The molecule has 0 amide bonds. The fraction of sp³-hybridized carbons (Fsp3) is 0.333. The first kappa shape index (κ1) is 20.5. The Kier molecular flexibility index (Phi) is 6.23. The molecule has 1 atom stereocenters. The number of Topliss-reactive ketones (excluding diaryl/α,β-unsaturated/α-hetero) is 1. The SMILES string of the molecule is C[C@H](OC(=O)c1cc([N+](=O)[O-])ccc1NCCO)C(=O)c1ccc2c(c1)CCC2. The van der Waals surface area contributed by atoms with Crippen LogP contribution in [0.3, 0.4) is 0 Å². The topological polar surface area (TPSA) is 119 Å². The monoisotopic (exact) mass is 398 g/mol. The van der Waals surface area contributed by atoms with Gasteiger partial charge in [0.25, 0.3) is 5.69 Å². The lowest BCUT2D eigenvalue weighted by Crippen LogP contribution is -2.25. The Hall–Kier alpha value is -3.26. The minimum atomic E-state index is -1.05. The number of nitrogens with zero attached hydrogens (tertiary/aromatic N) is 1. The number of aliphatic hydroxyl groups is 1. The number of nitro groups is 1. The smallest absolute Gasteiger partial charge is 0.341 e. The van der Waals surface area contributed by atoms with Crippen molar-refractivity contribution in [2.45, 2.75) is 32.3 Å². The number of esters is 1. The summed E-state index contributed by atoms with van der Waals surface area (Å²) in [6, 6.07) is 9.22. The number of carbonyl (C=O) groups excluding carboxylic acids is 2. The van der Waals surface area contributed by atoms with E-state index in [0.29, 0.717) is 5.56 Å². The lowest BCUT2D eigenvalue weighted by atomic mass is 10.0. The lowest BCUT2D eigenvalue weighted by molar-refractivity contribution is -0.384. The van der Waals surface area contributed by atoms with Gasteiger partial charge in [-0.1, -0.05) is 12.1 Å². The molecule has 0 spiro atoms. The summed E-state index contributed by atoms with van der Waals surface area (Å²) in [6.45, 7) is 1.45. The van der Waals surface area contributed by atoms with Gasteiger partial charge in [-0.05, 0) is 49.4 Å². The van der Waals surface area contributed by atoms with Gasteiger partial charge in [0.15, 0.2) is 6.10 Å². The van der Waals surface area contributed by atoms with Crippen LogP contribution in [0, 0.1) is 10.1 Å². The summed E-state index contributed by atoms with van der Waals surface area (Å²) in [5, 5.41) is 22.8. The van der Waals surface area contributed by atoms with E-state index < -0.39 is 17.0 Å². The van der Waals surface area contributed by atoms with E-state index in [0.717, 1.165) is 30.9 Å². The Bertz CT molecular complexity index is 956. The molecule has 8 heteroatoms. The normalized spacial score (nSPS) is 13.4. The van der Waals surface area contributed by atoms with Crippen molar-refractivity contribution >= 4 is 23.1 Å². The van der Waals surface area contributed by atoms with Crippen LogP contribution in [-0.2, 0) is 17.6 Å². The second kappa shape index (κ2) is 8.83. The second-order valence-corrected chi connectivity index (χ2v) is 6.89. The molecule has 0 saturated heterocycles. The van der Waals surface area contributed by atoms with E-state index >= 15 is 0 Å². The Morgan fingerprint density at radius 3 is 2.69 bits per heavy atom. The average molecular weight is 398 g/mol. The number of carbonyl (C=O) groups is 2. The highest BCUT2D eigenvalue weighted by atomic mass is 16.6. The molecule has 1 aliphatic rings. The molecule has 0 unspecified atom stereocenters. The number of ketones is 1. The van der Waals surface area contributed by atoms with Crippen LogP contribution in [0.25, 0.3) is 0 Å². The molecule has 0 bridgehead atoms. The van der Waals surface area contributed by atoms with E-state index in [-0.39, 0.29) is 35.9 Å². The molecular weight excluding hydrogens is 376 g/mol. The number of aliphatic hydroxyl groups excluding tert-OH is 1. The summed E-state index contributed by atoms with van der Waals surface area (Å²) >= 11 is 0. The average Bonchev–Trinajstić information content (AvgIpc) is 3.19. The zero-order valence-electron chi connectivity index (χ0n) is 16.0. The second-order valence-electron chi connectivity index (χ2n) is 6.89. The first-order valence-electron chi connectivity index (χ1n) is 9.41. The van der Waals surface area contributed by atoms with Crippen LogP contribution in [0.5, 0.6) is 0 Å². The van der Waals surface area contributed by atoms with Gasteiger partial charge in [0.2, 0.25) is 5.78 Å². The Labute approximate surface area is 167 Å². The molecular formula is C21H22N2O6. The molecule has 2 aromatic carbocycles. The third-order valence-corrected chi connectivity index (χ3v) is 4.90. The maximum Gasteiger partial charge on any atom is 0.341 e. The third kappa shape index (κ3) is 4.60. The van der Waals surface area contributed by atoms with Crippen LogP contribution in [0.2, 0.25) is 0 Å². The summed E-state index contributed by atoms with van der Waals surface area (Å²) in [7, 11) is 0. The van der Waals surface area contributed by atoms with Gasteiger partial charge in [0, 0.05) is 29.9 Å². The van der Waals surface area contributed by atoms with Crippen molar-refractivity contribution in [1.82, 2.24) is 0 Å². The van der Waals surface area contributed by atoms with E-state index in [9.17, 15) is 19.7 Å². The van der Waals surface area contributed by atoms with E-state index in [1.165, 1.54) is 24.6 Å². The molecule has 152 valence electrons. The number of anilines is 1. The lowest BCUT2D eigenvalue weighted by Gasteiger charge is -2.15. The third-order valence-electron chi connectivity index (χ3n) is 4.90. The zero-order valence-corrected chi connectivity index (χ0v) is 16.0. The summed E-state index contributed by atoms with van der Waals surface area (Å²) in [4.78, 5) is 35.8. The number of nitrogens with one attached hydrogen (secondary N) is 1. The summed E-state index contributed by atoms with van der Waals surface area (Å²) < 4.78 is 5.31. The van der Waals surface area contributed by atoms with Crippen molar-refractivity contribution in [3.8, 4) is 0 Å². The van der Waals surface area contributed by atoms with Gasteiger partial charge in [0.05, 0.1) is 17.1 Å². The summed E-state index contributed by atoms with van der Waals surface area (Å²) in [5.74, 6) is -1.18. The highest BCUT2D eigenvalue weighted by molar-refractivity contribution is 6.03. The van der Waals surface area contributed by atoms with Crippen molar-refractivity contribution in [3.63, 3.8) is 0 Å². The zero-order chi connectivity index (χ0) is 21.0. The molecule has 1 aliphatic carbocycles. The Morgan fingerprint density at radius 2 is 1.97 bits per heavy atom.